The van der Waals surface area contributed by atoms with E-state index < -0.39 is 0 Å². The first-order chi connectivity index (χ1) is 11.2. The number of aryl methyl sites for hydroxylation is 1. The minimum atomic E-state index is -0.189. The van der Waals surface area contributed by atoms with Gasteiger partial charge in [-0.2, -0.15) is 0 Å². The number of fused-ring (bicyclic) bond motifs is 1. The lowest BCUT2D eigenvalue weighted by Gasteiger charge is -2.31. The normalized spacial score (nSPS) is 17.5. The number of anilines is 2. The molecule has 1 saturated heterocycles. The average Bonchev–Trinajstić information content (AvgIpc) is 3.09. The summed E-state index contributed by atoms with van der Waals surface area (Å²) in [6.07, 6.45) is 3.34. The lowest BCUT2D eigenvalue weighted by Crippen LogP contribution is -2.33. The molecule has 2 aliphatic rings. The van der Waals surface area contributed by atoms with Crippen LogP contribution in [0, 0.1) is 12.7 Å². The molecular formula is C18H21FN4. The summed E-state index contributed by atoms with van der Waals surface area (Å²) in [5.74, 6) is 0.698. The Labute approximate surface area is 136 Å². The SMILES string of the molecule is Cc1nc(N2CCCC2)nc2c1CN(c1cccc(F)c1)CC2. The summed E-state index contributed by atoms with van der Waals surface area (Å²) in [6.45, 7) is 5.81. The highest BCUT2D eigenvalue weighted by Crippen LogP contribution is 2.27. The minimum Gasteiger partial charge on any atom is -0.367 e. The smallest absolute Gasteiger partial charge is 0.225 e. The van der Waals surface area contributed by atoms with Gasteiger partial charge in [-0.3, -0.25) is 0 Å². The summed E-state index contributed by atoms with van der Waals surface area (Å²) >= 11 is 0. The van der Waals surface area contributed by atoms with Crippen LogP contribution in [0.2, 0.25) is 0 Å². The maximum atomic E-state index is 13.5. The van der Waals surface area contributed by atoms with Crippen LogP contribution in [0.1, 0.15) is 29.8 Å². The molecule has 0 radical (unpaired) electrons. The molecule has 0 amide bonds. The van der Waals surface area contributed by atoms with Gasteiger partial charge in [0.1, 0.15) is 5.82 Å². The number of hydrogen-bond donors (Lipinski definition) is 0. The van der Waals surface area contributed by atoms with Crippen LogP contribution in [0.25, 0.3) is 0 Å². The molecule has 5 heteroatoms. The molecule has 0 aliphatic carbocycles. The third kappa shape index (κ3) is 2.76. The molecule has 4 rings (SSSR count). The maximum absolute atomic E-state index is 13.5. The van der Waals surface area contributed by atoms with Crippen LogP contribution in [-0.2, 0) is 13.0 Å². The molecule has 0 saturated carbocycles. The number of aromatic nitrogens is 2. The van der Waals surface area contributed by atoms with E-state index in [-0.39, 0.29) is 5.82 Å². The first kappa shape index (κ1) is 14.4. The van der Waals surface area contributed by atoms with E-state index in [1.807, 2.05) is 6.07 Å². The summed E-state index contributed by atoms with van der Waals surface area (Å²) in [6, 6.07) is 6.81. The highest BCUT2D eigenvalue weighted by molar-refractivity contribution is 5.50. The highest BCUT2D eigenvalue weighted by Gasteiger charge is 2.23. The van der Waals surface area contributed by atoms with Crippen molar-refractivity contribution in [3.63, 3.8) is 0 Å². The summed E-state index contributed by atoms with van der Waals surface area (Å²) in [5.41, 5.74) is 4.34. The van der Waals surface area contributed by atoms with E-state index in [0.29, 0.717) is 0 Å². The Morgan fingerprint density at radius 3 is 2.65 bits per heavy atom. The summed E-state index contributed by atoms with van der Waals surface area (Å²) < 4.78 is 13.5. The van der Waals surface area contributed by atoms with E-state index in [0.717, 1.165) is 55.6 Å². The van der Waals surface area contributed by atoms with Crippen molar-refractivity contribution < 1.29 is 4.39 Å². The zero-order valence-corrected chi connectivity index (χ0v) is 13.4. The molecule has 0 atom stereocenters. The summed E-state index contributed by atoms with van der Waals surface area (Å²) in [4.78, 5) is 14.0. The molecule has 3 heterocycles. The number of nitrogens with zero attached hydrogens (tertiary/aromatic N) is 4. The van der Waals surface area contributed by atoms with Gasteiger partial charge in [-0.05, 0) is 38.0 Å². The van der Waals surface area contributed by atoms with Gasteiger partial charge < -0.3 is 9.80 Å². The van der Waals surface area contributed by atoms with Gasteiger partial charge in [-0.25, -0.2) is 14.4 Å². The van der Waals surface area contributed by atoms with Gasteiger partial charge in [0, 0.05) is 49.5 Å². The van der Waals surface area contributed by atoms with Crippen LogP contribution >= 0.6 is 0 Å². The Hall–Kier alpha value is -2.17. The molecule has 0 N–H and O–H groups in total. The van der Waals surface area contributed by atoms with Gasteiger partial charge in [0.15, 0.2) is 0 Å². The largest absolute Gasteiger partial charge is 0.367 e. The predicted octanol–water partition coefficient (Wildman–Crippen LogP) is 3.09. The van der Waals surface area contributed by atoms with Crippen LogP contribution in [0.5, 0.6) is 0 Å². The summed E-state index contributed by atoms with van der Waals surface area (Å²) in [7, 11) is 0. The van der Waals surface area contributed by atoms with Gasteiger partial charge in [0.25, 0.3) is 0 Å². The Morgan fingerprint density at radius 1 is 1.04 bits per heavy atom. The fourth-order valence-corrected chi connectivity index (χ4v) is 3.51. The van der Waals surface area contributed by atoms with Gasteiger partial charge in [0.05, 0.1) is 5.69 Å². The van der Waals surface area contributed by atoms with E-state index in [1.165, 1.54) is 24.5 Å². The lowest BCUT2D eigenvalue weighted by atomic mass is 10.0. The average molecular weight is 312 g/mol. The minimum absolute atomic E-state index is 0.189. The molecule has 0 spiro atoms. The number of benzene rings is 1. The van der Waals surface area contributed by atoms with Crippen molar-refractivity contribution in [3.8, 4) is 0 Å². The molecule has 2 aliphatic heterocycles. The first-order valence-electron chi connectivity index (χ1n) is 8.32. The number of halogens is 1. The lowest BCUT2D eigenvalue weighted by molar-refractivity contribution is 0.624. The van der Waals surface area contributed by atoms with E-state index in [2.05, 4.69) is 16.7 Å². The molecule has 1 aromatic carbocycles. The third-order valence-corrected chi connectivity index (χ3v) is 4.82. The van der Waals surface area contributed by atoms with Crippen LogP contribution in [0.3, 0.4) is 0 Å². The maximum Gasteiger partial charge on any atom is 0.225 e. The zero-order valence-electron chi connectivity index (χ0n) is 13.4. The van der Waals surface area contributed by atoms with Crippen LogP contribution in [0.4, 0.5) is 16.0 Å². The van der Waals surface area contributed by atoms with Crippen molar-refractivity contribution in [2.75, 3.05) is 29.4 Å². The third-order valence-electron chi connectivity index (χ3n) is 4.82. The fourth-order valence-electron chi connectivity index (χ4n) is 3.51. The Balaban J connectivity index is 1.62. The monoisotopic (exact) mass is 312 g/mol. The van der Waals surface area contributed by atoms with Crippen molar-refractivity contribution in [3.05, 3.63) is 47.0 Å². The standard InChI is InChI=1S/C18H21FN4/c1-13-16-12-23(15-6-4-5-14(19)11-15)10-7-17(16)21-18(20-13)22-8-2-3-9-22/h4-6,11H,2-3,7-10,12H2,1H3. The molecular weight excluding hydrogens is 291 g/mol. The quantitative estimate of drug-likeness (QED) is 0.853. The number of hydrogen-bond acceptors (Lipinski definition) is 4. The number of rotatable bonds is 2. The highest BCUT2D eigenvalue weighted by atomic mass is 19.1. The molecule has 120 valence electrons. The molecule has 0 unspecified atom stereocenters. The van der Waals surface area contributed by atoms with Gasteiger partial charge in [-0.15, -0.1) is 0 Å². The topological polar surface area (TPSA) is 32.3 Å². The predicted molar refractivity (Wildman–Crippen MR) is 89.4 cm³/mol. The second kappa shape index (κ2) is 5.80. The van der Waals surface area contributed by atoms with Crippen molar-refractivity contribution in [2.45, 2.75) is 32.7 Å². The molecule has 4 nitrogen and oxygen atoms in total. The zero-order chi connectivity index (χ0) is 15.8. The first-order valence-corrected chi connectivity index (χ1v) is 8.32. The van der Waals surface area contributed by atoms with Gasteiger partial charge in [0.2, 0.25) is 5.95 Å². The Morgan fingerprint density at radius 2 is 1.87 bits per heavy atom. The second-order valence-electron chi connectivity index (χ2n) is 6.38. The van der Waals surface area contributed by atoms with Crippen molar-refractivity contribution in [2.24, 2.45) is 0 Å². The van der Waals surface area contributed by atoms with E-state index in [4.69, 9.17) is 9.97 Å². The fraction of sp³-hybridized carbons (Fsp3) is 0.444. The van der Waals surface area contributed by atoms with Crippen molar-refractivity contribution in [1.82, 2.24) is 9.97 Å². The van der Waals surface area contributed by atoms with Crippen LogP contribution < -0.4 is 9.80 Å². The van der Waals surface area contributed by atoms with Crippen molar-refractivity contribution in [1.29, 1.82) is 0 Å². The van der Waals surface area contributed by atoms with E-state index in [9.17, 15) is 4.39 Å². The molecule has 2 aromatic rings. The van der Waals surface area contributed by atoms with Crippen LogP contribution in [-0.4, -0.2) is 29.6 Å². The Kier molecular flexibility index (Phi) is 3.63. The van der Waals surface area contributed by atoms with Gasteiger partial charge in [-0.1, -0.05) is 6.07 Å². The van der Waals surface area contributed by atoms with E-state index >= 15 is 0 Å². The molecule has 23 heavy (non-hydrogen) atoms. The summed E-state index contributed by atoms with van der Waals surface area (Å²) in [5, 5.41) is 0. The Bertz CT molecular complexity index is 725. The molecule has 1 aromatic heterocycles. The second-order valence-corrected chi connectivity index (χ2v) is 6.38. The molecule has 0 bridgehead atoms. The van der Waals surface area contributed by atoms with Crippen molar-refractivity contribution >= 4 is 11.6 Å². The van der Waals surface area contributed by atoms with E-state index in [1.54, 1.807) is 12.1 Å². The molecule has 1 fully saturated rings. The van der Waals surface area contributed by atoms with Gasteiger partial charge >= 0.3 is 0 Å². The van der Waals surface area contributed by atoms with Crippen LogP contribution in [0.15, 0.2) is 24.3 Å².